The average molecular weight is 228 g/mol. The molecule has 0 heterocycles. The van der Waals surface area contributed by atoms with Gasteiger partial charge < -0.3 is 14.2 Å². The Kier molecular flexibility index (Phi) is 8.22. The van der Waals surface area contributed by atoms with Crippen LogP contribution in [0.15, 0.2) is 38.0 Å². The van der Waals surface area contributed by atoms with Gasteiger partial charge in [-0.2, -0.15) is 0 Å². The Balaban J connectivity index is 4.05. The average Bonchev–Trinajstić information content (AvgIpc) is 2.24. The highest BCUT2D eigenvalue weighted by Gasteiger charge is 2.24. The van der Waals surface area contributed by atoms with Crippen LogP contribution in [0.3, 0.4) is 0 Å². The lowest BCUT2D eigenvalue weighted by Gasteiger charge is -2.29. The van der Waals surface area contributed by atoms with Gasteiger partial charge in [0.1, 0.15) is 0 Å². The Morgan fingerprint density at radius 3 is 1.80 bits per heavy atom. The topological polar surface area (TPSA) is 27.7 Å². The third-order valence-corrected chi connectivity index (χ3v) is 2.48. The van der Waals surface area contributed by atoms with Crippen LogP contribution in [0.4, 0.5) is 0 Å². The number of hydrogen-bond acceptors (Lipinski definition) is 3. The molecule has 0 aromatic heterocycles. The SMILES string of the molecule is C=CCOCC([SiH3])(OCC=C)OCC=C. The highest BCUT2D eigenvalue weighted by molar-refractivity contribution is 6.13. The maximum Gasteiger partial charge on any atom is 0.164 e. The minimum absolute atomic E-state index is 0.410. The summed E-state index contributed by atoms with van der Waals surface area (Å²) in [7, 11) is 0.714. The van der Waals surface area contributed by atoms with Gasteiger partial charge in [0.25, 0.3) is 0 Å². The van der Waals surface area contributed by atoms with Crippen molar-refractivity contribution in [2.45, 2.75) is 5.41 Å². The largest absolute Gasteiger partial charge is 0.372 e. The van der Waals surface area contributed by atoms with Crippen molar-refractivity contribution in [3.63, 3.8) is 0 Å². The fourth-order valence-corrected chi connectivity index (χ4v) is 1.46. The first kappa shape index (κ1) is 14.3. The Hall–Kier alpha value is -0.683. The smallest absolute Gasteiger partial charge is 0.164 e. The van der Waals surface area contributed by atoms with Gasteiger partial charge in [0.05, 0.1) is 36.7 Å². The predicted octanol–water partition coefficient (Wildman–Crippen LogP) is 0.613. The molecular weight excluding hydrogens is 208 g/mol. The zero-order valence-corrected chi connectivity index (χ0v) is 11.4. The van der Waals surface area contributed by atoms with Gasteiger partial charge in [-0.05, 0) is 0 Å². The normalized spacial score (nSPS) is 11.2. The monoisotopic (exact) mass is 228 g/mol. The number of hydrogen-bond donors (Lipinski definition) is 0. The van der Waals surface area contributed by atoms with Crippen molar-refractivity contribution in [3.8, 4) is 0 Å². The van der Waals surface area contributed by atoms with Gasteiger partial charge in [0.2, 0.25) is 0 Å². The van der Waals surface area contributed by atoms with Crippen LogP contribution in [0.5, 0.6) is 0 Å². The van der Waals surface area contributed by atoms with Gasteiger partial charge in [0, 0.05) is 0 Å². The molecule has 0 bridgehead atoms. The second-order valence-electron chi connectivity index (χ2n) is 3.14. The summed E-state index contributed by atoms with van der Waals surface area (Å²) >= 11 is 0. The quantitative estimate of drug-likeness (QED) is 0.237. The van der Waals surface area contributed by atoms with E-state index in [0.29, 0.717) is 36.7 Å². The van der Waals surface area contributed by atoms with Crippen molar-refractivity contribution in [2.24, 2.45) is 0 Å². The molecule has 0 saturated heterocycles. The summed E-state index contributed by atoms with van der Waals surface area (Å²) < 4.78 is 16.4. The Morgan fingerprint density at radius 2 is 1.40 bits per heavy atom. The van der Waals surface area contributed by atoms with Crippen LogP contribution >= 0.6 is 0 Å². The van der Waals surface area contributed by atoms with Crippen molar-refractivity contribution < 1.29 is 14.2 Å². The van der Waals surface area contributed by atoms with E-state index in [9.17, 15) is 0 Å². The summed E-state index contributed by atoms with van der Waals surface area (Å²) in [6, 6.07) is 0. The van der Waals surface area contributed by atoms with Crippen LogP contribution < -0.4 is 0 Å². The molecule has 3 nitrogen and oxygen atoms in total. The summed E-state index contributed by atoms with van der Waals surface area (Å²) in [6.45, 7) is 12.6. The summed E-state index contributed by atoms with van der Waals surface area (Å²) in [5.74, 6) is 0. The molecule has 0 radical (unpaired) electrons. The summed E-state index contributed by atoms with van der Waals surface area (Å²) in [4.78, 5) is 0. The lowest BCUT2D eigenvalue weighted by atomic mass is 10.6. The van der Waals surface area contributed by atoms with Crippen LogP contribution in [-0.2, 0) is 14.2 Å². The van der Waals surface area contributed by atoms with Crippen LogP contribution in [0.25, 0.3) is 0 Å². The van der Waals surface area contributed by atoms with E-state index in [1.54, 1.807) is 18.2 Å². The van der Waals surface area contributed by atoms with Crippen molar-refractivity contribution in [1.82, 2.24) is 0 Å². The van der Waals surface area contributed by atoms with Crippen LogP contribution in [0, 0.1) is 0 Å². The molecule has 15 heavy (non-hydrogen) atoms. The first-order valence-electron chi connectivity index (χ1n) is 4.87. The summed E-state index contributed by atoms with van der Waals surface area (Å²) in [6.07, 6.45) is 5.08. The maximum atomic E-state index is 5.54. The molecule has 0 unspecified atom stereocenters. The highest BCUT2D eigenvalue weighted by atomic mass is 28.1. The van der Waals surface area contributed by atoms with Gasteiger partial charge >= 0.3 is 0 Å². The van der Waals surface area contributed by atoms with Gasteiger partial charge in [-0.15, -0.1) is 19.7 Å². The molecule has 0 spiro atoms. The van der Waals surface area contributed by atoms with E-state index in [1.165, 1.54) is 0 Å². The molecule has 0 saturated carbocycles. The van der Waals surface area contributed by atoms with E-state index in [2.05, 4.69) is 19.7 Å². The Labute approximate surface area is 94.8 Å². The van der Waals surface area contributed by atoms with E-state index in [1.807, 2.05) is 0 Å². The van der Waals surface area contributed by atoms with Crippen LogP contribution in [0.1, 0.15) is 0 Å². The predicted molar refractivity (Wildman–Crippen MR) is 66.0 cm³/mol. The molecule has 86 valence electrons. The third-order valence-electron chi connectivity index (χ3n) is 1.61. The second kappa shape index (κ2) is 8.61. The van der Waals surface area contributed by atoms with E-state index < -0.39 is 5.41 Å². The molecule has 0 aliphatic rings. The van der Waals surface area contributed by atoms with Crippen molar-refractivity contribution in [2.75, 3.05) is 26.4 Å². The zero-order chi connectivity index (χ0) is 11.6. The Bertz CT molecular complexity index is 192. The molecule has 0 aromatic carbocycles. The molecule has 4 heteroatoms. The van der Waals surface area contributed by atoms with E-state index in [0.717, 1.165) is 0 Å². The summed E-state index contributed by atoms with van der Waals surface area (Å²) in [5.41, 5.74) is -0.620. The molecule has 0 rings (SSSR count). The van der Waals surface area contributed by atoms with Gasteiger partial charge in [-0.1, -0.05) is 18.2 Å². The Morgan fingerprint density at radius 1 is 0.933 bits per heavy atom. The third kappa shape index (κ3) is 7.27. The lowest BCUT2D eigenvalue weighted by Crippen LogP contribution is -2.42. The molecular formula is C11H20O3Si. The molecule has 0 atom stereocenters. The van der Waals surface area contributed by atoms with Crippen LogP contribution in [0.2, 0.25) is 0 Å². The van der Waals surface area contributed by atoms with Crippen molar-refractivity contribution >= 4 is 10.2 Å². The maximum absolute atomic E-state index is 5.54. The molecule has 0 aromatic rings. The molecule has 0 fully saturated rings. The van der Waals surface area contributed by atoms with Crippen molar-refractivity contribution in [1.29, 1.82) is 0 Å². The van der Waals surface area contributed by atoms with Gasteiger partial charge in [-0.3, -0.25) is 0 Å². The lowest BCUT2D eigenvalue weighted by molar-refractivity contribution is -0.193. The zero-order valence-electron chi connectivity index (χ0n) is 9.41. The fraction of sp³-hybridized carbons (Fsp3) is 0.455. The highest BCUT2D eigenvalue weighted by Crippen LogP contribution is 2.09. The minimum atomic E-state index is -0.620. The standard InChI is InChI=1S/C11H20O3Si/c1-4-7-12-10-11(15,13-8-5-2)14-9-6-3/h4-6H,1-3,7-10H2,15H3. The minimum Gasteiger partial charge on any atom is -0.372 e. The second-order valence-corrected chi connectivity index (χ2v) is 4.66. The van der Waals surface area contributed by atoms with E-state index in [4.69, 9.17) is 14.2 Å². The summed E-state index contributed by atoms with van der Waals surface area (Å²) in [5, 5.41) is 0. The first-order valence-corrected chi connectivity index (χ1v) is 5.87. The van der Waals surface area contributed by atoms with Gasteiger partial charge in [0.15, 0.2) is 5.41 Å². The van der Waals surface area contributed by atoms with E-state index in [-0.39, 0.29) is 0 Å². The fourth-order valence-electron chi connectivity index (χ4n) is 0.923. The molecule has 0 aliphatic carbocycles. The molecule has 0 aliphatic heterocycles. The molecule has 0 N–H and O–H groups in total. The van der Waals surface area contributed by atoms with Crippen molar-refractivity contribution in [3.05, 3.63) is 38.0 Å². The first-order chi connectivity index (χ1) is 7.18. The van der Waals surface area contributed by atoms with E-state index >= 15 is 0 Å². The number of rotatable bonds is 10. The van der Waals surface area contributed by atoms with Gasteiger partial charge in [-0.25, -0.2) is 0 Å². The molecule has 0 amide bonds. The van der Waals surface area contributed by atoms with Crippen LogP contribution in [-0.4, -0.2) is 42.1 Å². The number of ether oxygens (including phenoxy) is 3.